The molecule has 0 aromatic heterocycles. The Morgan fingerprint density at radius 2 is 0.481 bits per heavy atom. The Hall–Kier alpha value is -4.71. The van der Waals surface area contributed by atoms with Gasteiger partial charge in [-0.25, -0.2) is 0 Å². The molecular formula is C75H122O6. The van der Waals surface area contributed by atoms with Gasteiger partial charge in [0.15, 0.2) is 6.10 Å². The smallest absolute Gasteiger partial charge is 0.306 e. The number of unbranched alkanes of at least 4 members (excludes halogenated alkanes) is 24. The largest absolute Gasteiger partial charge is 0.462 e. The van der Waals surface area contributed by atoms with Crippen LogP contribution in [-0.2, 0) is 28.6 Å². The van der Waals surface area contributed by atoms with E-state index in [0.29, 0.717) is 25.7 Å². The third-order valence-corrected chi connectivity index (χ3v) is 13.8. The molecule has 6 heteroatoms. The van der Waals surface area contributed by atoms with Crippen LogP contribution in [0.4, 0.5) is 0 Å². The van der Waals surface area contributed by atoms with Gasteiger partial charge in [-0.3, -0.25) is 14.4 Å². The molecule has 0 aromatic carbocycles. The van der Waals surface area contributed by atoms with E-state index in [9.17, 15) is 14.4 Å². The van der Waals surface area contributed by atoms with E-state index in [1.807, 2.05) is 0 Å². The highest BCUT2D eigenvalue weighted by molar-refractivity contribution is 5.71. The lowest BCUT2D eigenvalue weighted by atomic mass is 10.0. The van der Waals surface area contributed by atoms with E-state index in [-0.39, 0.29) is 31.1 Å². The molecule has 0 N–H and O–H groups in total. The van der Waals surface area contributed by atoms with E-state index in [2.05, 4.69) is 167 Å². The molecule has 0 spiro atoms. The predicted molar refractivity (Wildman–Crippen MR) is 352 cm³/mol. The number of allylic oxidation sites excluding steroid dienone is 24. The number of ether oxygens (including phenoxy) is 3. The average molecular weight is 1120 g/mol. The van der Waals surface area contributed by atoms with Gasteiger partial charge in [0.1, 0.15) is 13.2 Å². The van der Waals surface area contributed by atoms with Crippen LogP contribution in [0, 0.1) is 0 Å². The first-order chi connectivity index (χ1) is 40.0. The fourth-order valence-electron chi connectivity index (χ4n) is 8.92. The maximum Gasteiger partial charge on any atom is 0.306 e. The van der Waals surface area contributed by atoms with Crippen molar-refractivity contribution in [2.24, 2.45) is 0 Å². The first-order valence-electron chi connectivity index (χ1n) is 33.3. The number of esters is 3. The van der Waals surface area contributed by atoms with Crippen LogP contribution in [-0.4, -0.2) is 37.2 Å². The molecule has 0 radical (unpaired) electrons. The Labute approximate surface area is 499 Å². The van der Waals surface area contributed by atoms with Gasteiger partial charge in [0.05, 0.1) is 0 Å². The van der Waals surface area contributed by atoms with Crippen LogP contribution in [0.15, 0.2) is 146 Å². The quantitative estimate of drug-likeness (QED) is 0.0261. The highest BCUT2D eigenvalue weighted by Crippen LogP contribution is 2.16. The van der Waals surface area contributed by atoms with Crippen LogP contribution in [0.5, 0.6) is 0 Å². The van der Waals surface area contributed by atoms with Gasteiger partial charge in [0.2, 0.25) is 0 Å². The molecule has 1 unspecified atom stereocenters. The maximum absolute atomic E-state index is 12.9. The lowest BCUT2D eigenvalue weighted by Crippen LogP contribution is -2.30. The number of hydrogen-bond acceptors (Lipinski definition) is 6. The normalized spacial score (nSPS) is 13.1. The van der Waals surface area contributed by atoms with Crippen LogP contribution in [0.3, 0.4) is 0 Å². The Morgan fingerprint density at radius 3 is 0.778 bits per heavy atom. The molecule has 0 aliphatic heterocycles. The van der Waals surface area contributed by atoms with Gasteiger partial charge in [-0.1, -0.05) is 295 Å². The van der Waals surface area contributed by atoms with Crippen molar-refractivity contribution < 1.29 is 28.6 Å². The Kier molecular flexibility index (Phi) is 63.9. The van der Waals surface area contributed by atoms with Crippen molar-refractivity contribution in [2.45, 2.75) is 297 Å². The van der Waals surface area contributed by atoms with Crippen LogP contribution >= 0.6 is 0 Å². The Morgan fingerprint density at radius 1 is 0.259 bits per heavy atom. The van der Waals surface area contributed by atoms with Crippen molar-refractivity contribution in [3.8, 4) is 0 Å². The average Bonchev–Trinajstić information content (AvgIpc) is 3.47. The molecule has 0 saturated carbocycles. The van der Waals surface area contributed by atoms with Crippen molar-refractivity contribution in [3.05, 3.63) is 146 Å². The molecule has 0 amide bonds. The standard InChI is InChI=1S/C75H122O6/c1-4-7-10-13-16-19-22-24-26-28-30-32-34-36-37-39-40-42-44-46-48-50-53-56-59-62-65-68-74(77)80-71-72(70-79-73(76)67-64-61-58-55-52-21-18-15-12-9-6-3)81-75(78)69-66-63-60-57-54-51-49-47-45-43-41-38-35-33-31-29-27-25-23-20-17-14-11-8-5-2/h7-8,10-11,16-17,19-20,24-27,30-33,36-37,40,42,46,48,53,56,72H,4-6,9,12-15,18,21-23,28-29,34-35,38-39,41,43-45,47,49-52,54-55,57-71H2,1-3H3/b10-7-,11-8-,19-16-,20-17-,26-24-,27-25-,32-30-,33-31-,37-36-,42-40-,48-46-,56-53-. The highest BCUT2D eigenvalue weighted by atomic mass is 16.6. The lowest BCUT2D eigenvalue weighted by Gasteiger charge is -2.18. The third-order valence-electron chi connectivity index (χ3n) is 13.8. The van der Waals surface area contributed by atoms with E-state index in [1.165, 1.54) is 116 Å². The topological polar surface area (TPSA) is 78.9 Å². The zero-order valence-corrected chi connectivity index (χ0v) is 52.5. The summed E-state index contributed by atoms with van der Waals surface area (Å²) in [4.78, 5) is 38.3. The summed E-state index contributed by atoms with van der Waals surface area (Å²) in [5.74, 6) is -0.940. The fraction of sp³-hybridized carbons (Fsp3) is 0.640. The number of rotatable bonds is 59. The molecule has 0 rings (SSSR count). The summed E-state index contributed by atoms with van der Waals surface area (Å²) in [6, 6.07) is 0. The summed E-state index contributed by atoms with van der Waals surface area (Å²) in [6.07, 6.45) is 97.2. The molecule has 6 nitrogen and oxygen atoms in total. The maximum atomic E-state index is 12.9. The van der Waals surface area contributed by atoms with Gasteiger partial charge in [-0.05, 0) is 122 Å². The van der Waals surface area contributed by atoms with Crippen molar-refractivity contribution >= 4 is 17.9 Å². The molecule has 0 fully saturated rings. The molecule has 0 aliphatic rings. The molecule has 0 aliphatic carbocycles. The van der Waals surface area contributed by atoms with Gasteiger partial charge in [-0.2, -0.15) is 0 Å². The minimum atomic E-state index is -0.802. The molecule has 0 saturated heterocycles. The fourth-order valence-corrected chi connectivity index (χ4v) is 8.92. The van der Waals surface area contributed by atoms with E-state index >= 15 is 0 Å². The Bertz CT molecular complexity index is 1760. The Balaban J connectivity index is 4.38. The van der Waals surface area contributed by atoms with Crippen LogP contribution in [0.2, 0.25) is 0 Å². The van der Waals surface area contributed by atoms with Crippen LogP contribution in [0.1, 0.15) is 290 Å². The zero-order valence-electron chi connectivity index (χ0n) is 52.5. The summed E-state index contributed by atoms with van der Waals surface area (Å²) in [5.41, 5.74) is 0. The second-order valence-electron chi connectivity index (χ2n) is 21.6. The number of carbonyl (C=O) groups excluding carboxylic acids is 3. The van der Waals surface area contributed by atoms with Crippen LogP contribution in [0.25, 0.3) is 0 Å². The van der Waals surface area contributed by atoms with E-state index in [4.69, 9.17) is 14.2 Å². The summed E-state index contributed by atoms with van der Waals surface area (Å²) < 4.78 is 16.9. The van der Waals surface area contributed by atoms with Crippen molar-refractivity contribution in [1.82, 2.24) is 0 Å². The molecule has 81 heavy (non-hydrogen) atoms. The van der Waals surface area contributed by atoms with Gasteiger partial charge in [-0.15, -0.1) is 0 Å². The minimum absolute atomic E-state index is 0.0947. The summed E-state index contributed by atoms with van der Waals surface area (Å²) in [6.45, 7) is 6.38. The molecule has 1 atom stereocenters. The lowest BCUT2D eigenvalue weighted by molar-refractivity contribution is -0.167. The van der Waals surface area contributed by atoms with Crippen molar-refractivity contribution in [2.75, 3.05) is 13.2 Å². The van der Waals surface area contributed by atoms with Crippen molar-refractivity contribution in [3.63, 3.8) is 0 Å². The van der Waals surface area contributed by atoms with Gasteiger partial charge in [0, 0.05) is 19.3 Å². The van der Waals surface area contributed by atoms with E-state index < -0.39 is 6.10 Å². The zero-order chi connectivity index (χ0) is 58.5. The van der Waals surface area contributed by atoms with E-state index in [1.54, 1.807) is 0 Å². The third kappa shape index (κ3) is 66.0. The van der Waals surface area contributed by atoms with Crippen LogP contribution < -0.4 is 0 Å². The van der Waals surface area contributed by atoms with Gasteiger partial charge < -0.3 is 14.2 Å². The summed E-state index contributed by atoms with van der Waals surface area (Å²) >= 11 is 0. The molecule has 0 heterocycles. The second-order valence-corrected chi connectivity index (χ2v) is 21.6. The summed E-state index contributed by atoms with van der Waals surface area (Å²) in [7, 11) is 0. The molecule has 458 valence electrons. The monoisotopic (exact) mass is 1120 g/mol. The van der Waals surface area contributed by atoms with E-state index in [0.717, 1.165) is 128 Å². The predicted octanol–water partition coefficient (Wildman–Crippen LogP) is 23.1. The second kappa shape index (κ2) is 67.8. The minimum Gasteiger partial charge on any atom is -0.462 e. The molecule has 0 bridgehead atoms. The SMILES string of the molecule is CC/C=C\C/C=C\C/C=C\C/C=C\C/C=C\C/C=C\C/C=C\C/C=C\CCCCC(=O)OCC(COC(=O)CCCCCCCCCCCCC)OC(=O)CCCCCCCCCCCCCC/C=C\C/C=C\C/C=C\C/C=C\CC. The van der Waals surface area contributed by atoms with Gasteiger partial charge in [0.25, 0.3) is 0 Å². The molecular weight excluding hydrogens is 997 g/mol. The van der Waals surface area contributed by atoms with Crippen molar-refractivity contribution in [1.29, 1.82) is 0 Å². The van der Waals surface area contributed by atoms with Gasteiger partial charge >= 0.3 is 17.9 Å². The summed E-state index contributed by atoms with van der Waals surface area (Å²) in [5, 5.41) is 0. The first-order valence-corrected chi connectivity index (χ1v) is 33.3. The highest BCUT2D eigenvalue weighted by Gasteiger charge is 2.19. The number of carbonyl (C=O) groups is 3. The first kappa shape index (κ1) is 76.3. The molecule has 0 aromatic rings. The number of hydrogen-bond donors (Lipinski definition) is 0.